The molecule has 0 bridgehead atoms. The van der Waals surface area contributed by atoms with E-state index in [0.717, 1.165) is 0 Å². The van der Waals surface area contributed by atoms with Gasteiger partial charge in [-0.1, -0.05) is 12.1 Å². The molecule has 1 aromatic carbocycles. The summed E-state index contributed by atoms with van der Waals surface area (Å²) in [5, 5.41) is 10.8. The third-order valence-electron chi connectivity index (χ3n) is 1.96. The predicted octanol–water partition coefficient (Wildman–Crippen LogP) is 3.70. The van der Waals surface area contributed by atoms with E-state index in [4.69, 9.17) is 4.74 Å². The highest BCUT2D eigenvalue weighted by atomic mass is 79.9. The Labute approximate surface area is 102 Å². The zero-order valence-corrected chi connectivity index (χ0v) is 10.4. The SMILES string of the molecule is C=CC[C@@H](C)Oc1c(Br)cccc1[N+](=O)[O-]. The van der Waals surface area contributed by atoms with Crippen molar-refractivity contribution < 1.29 is 9.66 Å². The quantitative estimate of drug-likeness (QED) is 0.471. The second kappa shape index (κ2) is 5.65. The molecule has 0 aliphatic heterocycles. The van der Waals surface area contributed by atoms with Crippen molar-refractivity contribution in [3.05, 3.63) is 45.4 Å². The largest absolute Gasteiger partial charge is 0.483 e. The van der Waals surface area contributed by atoms with E-state index in [9.17, 15) is 10.1 Å². The maximum atomic E-state index is 10.8. The first-order valence-electron chi connectivity index (χ1n) is 4.76. The van der Waals surface area contributed by atoms with E-state index in [1.807, 2.05) is 6.92 Å². The molecule has 4 nitrogen and oxygen atoms in total. The van der Waals surface area contributed by atoms with Gasteiger partial charge in [-0.05, 0) is 28.9 Å². The number of hydrogen-bond donors (Lipinski definition) is 0. The summed E-state index contributed by atoms with van der Waals surface area (Å²) in [6.45, 7) is 5.43. The summed E-state index contributed by atoms with van der Waals surface area (Å²) in [5.41, 5.74) is -0.0368. The van der Waals surface area contributed by atoms with Crippen molar-refractivity contribution in [2.24, 2.45) is 0 Å². The number of nitrogens with zero attached hydrogens (tertiary/aromatic N) is 1. The second-order valence-corrected chi connectivity index (χ2v) is 4.15. The first kappa shape index (κ1) is 12.7. The van der Waals surface area contributed by atoms with E-state index in [1.165, 1.54) is 6.07 Å². The van der Waals surface area contributed by atoms with Crippen LogP contribution in [0.3, 0.4) is 0 Å². The van der Waals surface area contributed by atoms with Gasteiger partial charge in [0, 0.05) is 12.5 Å². The molecule has 1 aromatic rings. The summed E-state index contributed by atoms with van der Waals surface area (Å²) in [6, 6.07) is 4.73. The van der Waals surface area contributed by atoms with Crippen LogP contribution in [0.2, 0.25) is 0 Å². The maximum Gasteiger partial charge on any atom is 0.312 e. The van der Waals surface area contributed by atoms with E-state index in [2.05, 4.69) is 22.5 Å². The Bertz CT molecular complexity index is 406. The number of halogens is 1. The predicted molar refractivity (Wildman–Crippen MR) is 65.7 cm³/mol. The van der Waals surface area contributed by atoms with Gasteiger partial charge in [-0.2, -0.15) is 0 Å². The Morgan fingerprint density at radius 2 is 2.38 bits per heavy atom. The molecule has 1 atom stereocenters. The van der Waals surface area contributed by atoms with E-state index >= 15 is 0 Å². The summed E-state index contributed by atoms with van der Waals surface area (Å²) in [4.78, 5) is 10.3. The zero-order valence-electron chi connectivity index (χ0n) is 8.85. The van der Waals surface area contributed by atoms with Crippen molar-refractivity contribution in [2.75, 3.05) is 0 Å². The third-order valence-corrected chi connectivity index (χ3v) is 2.58. The van der Waals surface area contributed by atoms with E-state index in [1.54, 1.807) is 18.2 Å². The first-order valence-corrected chi connectivity index (χ1v) is 5.56. The minimum absolute atomic E-state index is 0.0368. The zero-order chi connectivity index (χ0) is 12.1. The molecular formula is C11H12BrNO3. The fourth-order valence-electron chi connectivity index (χ4n) is 1.24. The lowest BCUT2D eigenvalue weighted by atomic mass is 10.2. The van der Waals surface area contributed by atoms with Crippen LogP contribution in [-0.4, -0.2) is 11.0 Å². The molecule has 0 N–H and O–H groups in total. The van der Waals surface area contributed by atoms with Gasteiger partial charge in [0.25, 0.3) is 0 Å². The number of rotatable bonds is 5. The Morgan fingerprint density at radius 1 is 1.69 bits per heavy atom. The Balaban J connectivity index is 3.01. The standard InChI is InChI=1S/C11H12BrNO3/c1-3-5-8(2)16-11-9(12)6-4-7-10(11)13(14)15/h3-4,6-8H,1,5H2,2H3/t8-/m1/s1. The fourth-order valence-corrected chi connectivity index (χ4v) is 1.69. The van der Waals surface area contributed by atoms with Gasteiger partial charge < -0.3 is 4.74 Å². The lowest BCUT2D eigenvalue weighted by Crippen LogP contribution is -2.11. The molecule has 0 saturated carbocycles. The highest BCUT2D eigenvalue weighted by molar-refractivity contribution is 9.10. The van der Waals surface area contributed by atoms with Gasteiger partial charge in [0.05, 0.1) is 15.5 Å². The van der Waals surface area contributed by atoms with Crippen molar-refractivity contribution >= 4 is 21.6 Å². The van der Waals surface area contributed by atoms with Gasteiger partial charge in [-0.3, -0.25) is 10.1 Å². The van der Waals surface area contributed by atoms with E-state index in [0.29, 0.717) is 10.9 Å². The summed E-state index contributed by atoms with van der Waals surface area (Å²) in [6.07, 6.45) is 2.21. The van der Waals surface area contributed by atoms with Crippen molar-refractivity contribution in [3.8, 4) is 5.75 Å². The number of benzene rings is 1. The van der Waals surface area contributed by atoms with E-state index in [-0.39, 0.29) is 17.5 Å². The third kappa shape index (κ3) is 3.06. The lowest BCUT2D eigenvalue weighted by molar-refractivity contribution is -0.386. The fraction of sp³-hybridized carbons (Fsp3) is 0.273. The average molecular weight is 286 g/mol. The summed E-state index contributed by atoms with van der Waals surface area (Å²) < 4.78 is 6.10. The molecule has 0 spiro atoms. The summed E-state index contributed by atoms with van der Waals surface area (Å²) in [5.74, 6) is 0.266. The number of hydrogen-bond acceptors (Lipinski definition) is 3. The van der Waals surface area contributed by atoms with E-state index < -0.39 is 4.92 Å². The van der Waals surface area contributed by atoms with Gasteiger partial charge in [-0.15, -0.1) is 6.58 Å². The van der Waals surface area contributed by atoms with Gasteiger partial charge in [-0.25, -0.2) is 0 Å². The molecule has 0 saturated heterocycles. The molecule has 0 radical (unpaired) electrons. The van der Waals surface area contributed by atoms with Gasteiger partial charge in [0.15, 0.2) is 0 Å². The van der Waals surface area contributed by atoms with Crippen LogP contribution in [0.5, 0.6) is 5.75 Å². The summed E-state index contributed by atoms with van der Waals surface area (Å²) >= 11 is 3.24. The van der Waals surface area contributed by atoms with Gasteiger partial charge >= 0.3 is 5.69 Å². The van der Waals surface area contributed by atoms with Crippen LogP contribution < -0.4 is 4.74 Å². The molecule has 16 heavy (non-hydrogen) atoms. The molecule has 0 aliphatic carbocycles. The topological polar surface area (TPSA) is 52.4 Å². The Kier molecular flexibility index (Phi) is 4.49. The average Bonchev–Trinajstić information content (AvgIpc) is 2.21. The number of ether oxygens (including phenoxy) is 1. The number of para-hydroxylation sites is 1. The molecule has 0 unspecified atom stereocenters. The minimum atomic E-state index is -0.458. The molecular weight excluding hydrogens is 274 g/mol. The second-order valence-electron chi connectivity index (χ2n) is 3.30. The van der Waals surface area contributed by atoms with Crippen LogP contribution in [0, 0.1) is 10.1 Å². The van der Waals surface area contributed by atoms with Crippen molar-refractivity contribution in [2.45, 2.75) is 19.4 Å². The highest BCUT2D eigenvalue weighted by Crippen LogP contribution is 2.35. The van der Waals surface area contributed by atoms with Crippen LogP contribution in [0.15, 0.2) is 35.3 Å². The highest BCUT2D eigenvalue weighted by Gasteiger charge is 2.19. The van der Waals surface area contributed by atoms with Crippen LogP contribution in [0.4, 0.5) is 5.69 Å². The smallest absolute Gasteiger partial charge is 0.312 e. The molecule has 0 fully saturated rings. The molecule has 1 rings (SSSR count). The normalized spacial score (nSPS) is 11.9. The number of nitro groups is 1. The van der Waals surface area contributed by atoms with Gasteiger partial charge in [0.1, 0.15) is 0 Å². The molecule has 0 heterocycles. The van der Waals surface area contributed by atoms with Gasteiger partial charge in [0.2, 0.25) is 5.75 Å². The molecule has 5 heteroatoms. The Morgan fingerprint density at radius 3 is 2.94 bits per heavy atom. The molecule has 0 aliphatic rings. The maximum absolute atomic E-state index is 10.8. The van der Waals surface area contributed by atoms with Crippen molar-refractivity contribution in [1.29, 1.82) is 0 Å². The molecule has 0 amide bonds. The lowest BCUT2D eigenvalue weighted by Gasteiger charge is -2.13. The van der Waals surface area contributed by atoms with Crippen LogP contribution in [0.25, 0.3) is 0 Å². The van der Waals surface area contributed by atoms with Crippen LogP contribution >= 0.6 is 15.9 Å². The molecule has 0 aromatic heterocycles. The van der Waals surface area contributed by atoms with Crippen LogP contribution in [-0.2, 0) is 0 Å². The monoisotopic (exact) mass is 285 g/mol. The van der Waals surface area contributed by atoms with Crippen molar-refractivity contribution in [3.63, 3.8) is 0 Å². The Hall–Kier alpha value is -1.36. The first-order chi connectivity index (χ1) is 7.56. The minimum Gasteiger partial charge on any atom is -0.483 e. The van der Waals surface area contributed by atoms with Crippen LogP contribution in [0.1, 0.15) is 13.3 Å². The summed E-state index contributed by atoms with van der Waals surface area (Å²) in [7, 11) is 0. The number of nitro benzene ring substituents is 1. The molecule has 86 valence electrons. The van der Waals surface area contributed by atoms with Crippen molar-refractivity contribution in [1.82, 2.24) is 0 Å².